The molecule has 110 valence electrons. The minimum absolute atomic E-state index is 0.0238. The maximum atomic E-state index is 13.7. The normalized spacial score (nSPS) is 19.0. The van der Waals surface area contributed by atoms with Crippen LogP contribution in [0.4, 0.5) is 4.39 Å². The van der Waals surface area contributed by atoms with Gasteiger partial charge in [0.2, 0.25) is 11.8 Å². The summed E-state index contributed by atoms with van der Waals surface area (Å²) < 4.78 is 18.9. The molecule has 1 aliphatic heterocycles. The molecule has 5 nitrogen and oxygen atoms in total. The van der Waals surface area contributed by atoms with Crippen molar-refractivity contribution in [2.75, 3.05) is 6.54 Å². The summed E-state index contributed by atoms with van der Waals surface area (Å²) >= 11 is 0. The van der Waals surface area contributed by atoms with E-state index >= 15 is 0 Å². The molecule has 1 aromatic carbocycles. The molecule has 21 heavy (non-hydrogen) atoms. The number of hydrogen-bond acceptors (Lipinski definition) is 4. The zero-order valence-electron chi connectivity index (χ0n) is 11.8. The number of likely N-dealkylation sites (tertiary alicyclic amines) is 1. The Kier molecular flexibility index (Phi) is 3.68. The van der Waals surface area contributed by atoms with Gasteiger partial charge in [0.25, 0.3) is 0 Å². The van der Waals surface area contributed by atoms with Crippen molar-refractivity contribution in [1.29, 1.82) is 0 Å². The zero-order valence-corrected chi connectivity index (χ0v) is 11.8. The summed E-state index contributed by atoms with van der Waals surface area (Å²) in [4.78, 5) is 17.9. The number of amides is 1. The van der Waals surface area contributed by atoms with Crippen LogP contribution >= 0.6 is 0 Å². The first-order valence-electron chi connectivity index (χ1n) is 6.95. The molecule has 1 fully saturated rings. The number of nitrogens with zero attached hydrogens (tertiary/aromatic N) is 3. The van der Waals surface area contributed by atoms with Crippen LogP contribution in [0.15, 0.2) is 28.8 Å². The van der Waals surface area contributed by atoms with Crippen molar-refractivity contribution in [3.8, 4) is 0 Å². The average Bonchev–Trinajstić information content (AvgIpc) is 2.90. The molecule has 0 unspecified atom stereocenters. The lowest BCUT2D eigenvalue weighted by atomic mass is 9.97. The van der Waals surface area contributed by atoms with Crippen LogP contribution in [0.3, 0.4) is 0 Å². The molecule has 1 atom stereocenters. The molecule has 0 aliphatic carbocycles. The number of hydrogen-bond donors (Lipinski definition) is 0. The van der Waals surface area contributed by atoms with Gasteiger partial charge < -0.3 is 9.42 Å². The van der Waals surface area contributed by atoms with E-state index in [1.165, 1.54) is 6.07 Å². The topological polar surface area (TPSA) is 59.2 Å². The number of carbonyl (C=O) groups is 1. The van der Waals surface area contributed by atoms with Crippen LogP contribution in [-0.4, -0.2) is 27.5 Å². The number of rotatable bonds is 3. The molecule has 6 heteroatoms. The Balaban J connectivity index is 1.75. The van der Waals surface area contributed by atoms with Crippen molar-refractivity contribution in [3.63, 3.8) is 0 Å². The Hall–Kier alpha value is -2.24. The minimum atomic E-state index is -0.291. The molecule has 2 aromatic rings. The first-order valence-corrected chi connectivity index (χ1v) is 6.95. The van der Waals surface area contributed by atoms with Crippen LogP contribution in [-0.2, 0) is 11.3 Å². The van der Waals surface area contributed by atoms with E-state index in [2.05, 4.69) is 10.1 Å². The predicted octanol–water partition coefficient (Wildman–Crippen LogP) is 2.42. The lowest BCUT2D eigenvalue weighted by Gasteiger charge is -2.31. The summed E-state index contributed by atoms with van der Waals surface area (Å²) in [6.07, 6.45) is 1.11. The minimum Gasteiger partial charge on any atom is -0.339 e. The van der Waals surface area contributed by atoms with E-state index in [0.29, 0.717) is 36.7 Å². The molecule has 1 amide bonds. The van der Waals surface area contributed by atoms with Crippen LogP contribution < -0.4 is 0 Å². The third-order valence-corrected chi connectivity index (χ3v) is 3.71. The van der Waals surface area contributed by atoms with E-state index in [4.69, 9.17) is 4.52 Å². The van der Waals surface area contributed by atoms with Crippen LogP contribution in [0.5, 0.6) is 0 Å². The molecule has 1 saturated heterocycles. The van der Waals surface area contributed by atoms with Gasteiger partial charge in [-0.2, -0.15) is 4.98 Å². The van der Waals surface area contributed by atoms with Gasteiger partial charge in [-0.1, -0.05) is 23.4 Å². The first kappa shape index (κ1) is 13.7. The van der Waals surface area contributed by atoms with Crippen LogP contribution in [0.1, 0.15) is 36.0 Å². The van der Waals surface area contributed by atoms with E-state index in [-0.39, 0.29) is 24.2 Å². The summed E-state index contributed by atoms with van der Waals surface area (Å²) in [5.41, 5.74) is 0.521. The van der Waals surface area contributed by atoms with Gasteiger partial charge in [0.05, 0.1) is 5.92 Å². The number of piperidine rings is 1. The van der Waals surface area contributed by atoms with Gasteiger partial charge in [0, 0.05) is 25.1 Å². The zero-order chi connectivity index (χ0) is 14.8. The second kappa shape index (κ2) is 5.63. The van der Waals surface area contributed by atoms with Gasteiger partial charge in [0.15, 0.2) is 5.82 Å². The van der Waals surface area contributed by atoms with Crippen molar-refractivity contribution in [3.05, 3.63) is 47.4 Å². The van der Waals surface area contributed by atoms with Gasteiger partial charge in [-0.15, -0.1) is 0 Å². The van der Waals surface area contributed by atoms with E-state index in [0.717, 1.165) is 0 Å². The monoisotopic (exact) mass is 289 g/mol. The lowest BCUT2D eigenvalue weighted by Crippen LogP contribution is -2.38. The van der Waals surface area contributed by atoms with E-state index < -0.39 is 0 Å². The van der Waals surface area contributed by atoms with Crippen LogP contribution in [0, 0.1) is 12.7 Å². The van der Waals surface area contributed by atoms with Crippen molar-refractivity contribution >= 4 is 5.91 Å². The highest BCUT2D eigenvalue weighted by atomic mass is 19.1. The highest BCUT2D eigenvalue weighted by molar-refractivity contribution is 5.77. The smallest absolute Gasteiger partial charge is 0.231 e. The summed E-state index contributed by atoms with van der Waals surface area (Å²) in [5, 5.41) is 3.78. The van der Waals surface area contributed by atoms with Gasteiger partial charge in [0.1, 0.15) is 5.82 Å². The van der Waals surface area contributed by atoms with Crippen molar-refractivity contribution in [1.82, 2.24) is 15.0 Å². The van der Waals surface area contributed by atoms with Crippen LogP contribution in [0.25, 0.3) is 0 Å². The summed E-state index contributed by atoms with van der Waals surface area (Å²) in [6.45, 7) is 2.52. The lowest BCUT2D eigenvalue weighted by molar-refractivity contribution is -0.134. The Morgan fingerprint density at radius 2 is 2.24 bits per heavy atom. The second-order valence-electron chi connectivity index (χ2n) is 5.28. The number of benzene rings is 1. The van der Waals surface area contributed by atoms with Gasteiger partial charge in [-0.25, -0.2) is 4.39 Å². The van der Waals surface area contributed by atoms with E-state index in [9.17, 15) is 9.18 Å². The van der Waals surface area contributed by atoms with Crippen LogP contribution in [0.2, 0.25) is 0 Å². The molecule has 2 heterocycles. The van der Waals surface area contributed by atoms with Crippen molar-refractivity contribution in [2.24, 2.45) is 0 Å². The quantitative estimate of drug-likeness (QED) is 0.870. The van der Waals surface area contributed by atoms with Crippen molar-refractivity contribution < 1.29 is 13.7 Å². The largest absolute Gasteiger partial charge is 0.339 e. The highest BCUT2D eigenvalue weighted by Crippen LogP contribution is 2.27. The summed E-state index contributed by atoms with van der Waals surface area (Å²) in [6, 6.07) is 6.51. The highest BCUT2D eigenvalue weighted by Gasteiger charge is 2.30. The standard InChI is InChI=1S/C15H16FN3O2/c1-10-17-15(21-18-10)12-6-7-14(20)19(9-12)8-11-4-2-3-5-13(11)16/h2-5,12H,6-9H2,1H3/t12-/m0/s1. The Bertz CT molecular complexity index is 656. The molecule has 0 bridgehead atoms. The number of aromatic nitrogens is 2. The number of aryl methyl sites for hydroxylation is 1. The summed E-state index contributed by atoms with van der Waals surface area (Å²) in [5.74, 6) is 0.906. The molecular weight excluding hydrogens is 273 g/mol. The predicted molar refractivity (Wildman–Crippen MR) is 72.8 cm³/mol. The Morgan fingerprint density at radius 3 is 2.95 bits per heavy atom. The van der Waals surface area contributed by atoms with E-state index in [1.54, 1.807) is 30.0 Å². The van der Waals surface area contributed by atoms with Crippen molar-refractivity contribution in [2.45, 2.75) is 32.2 Å². The number of halogens is 1. The molecule has 0 radical (unpaired) electrons. The van der Waals surface area contributed by atoms with Gasteiger partial charge >= 0.3 is 0 Å². The van der Waals surface area contributed by atoms with Gasteiger partial charge in [-0.3, -0.25) is 4.79 Å². The fourth-order valence-electron chi connectivity index (χ4n) is 2.58. The SMILES string of the molecule is Cc1noc([C@H]2CCC(=O)N(Cc3ccccc3F)C2)n1. The Labute approximate surface area is 121 Å². The fraction of sp³-hybridized carbons (Fsp3) is 0.400. The maximum Gasteiger partial charge on any atom is 0.231 e. The second-order valence-corrected chi connectivity index (χ2v) is 5.28. The van der Waals surface area contributed by atoms with E-state index in [1.807, 2.05) is 0 Å². The third-order valence-electron chi connectivity index (χ3n) is 3.71. The molecule has 0 saturated carbocycles. The maximum absolute atomic E-state index is 13.7. The first-order chi connectivity index (χ1) is 10.1. The fourth-order valence-corrected chi connectivity index (χ4v) is 2.58. The average molecular weight is 289 g/mol. The molecule has 0 N–H and O–H groups in total. The third kappa shape index (κ3) is 2.94. The molecule has 3 rings (SSSR count). The van der Waals surface area contributed by atoms with Gasteiger partial charge in [-0.05, 0) is 19.4 Å². The Morgan fingerprint density at radius 1 is 1.43 bits per heavy atom. The molecule has 1 aromatic heterocycles. The molecule has 0 spiro atoms. The molecular formula is C15H16FN3O2. The number of carbonyl (C=O) groups excluding carboxylic acids is 1. The molecule has 1 aliphatic rings. The summed E-state index contributed by atoms with van der Waals surface area (Å²) in [7, 11) is 0.